The first-order valence-electron chi connectivity index (χ1n) is 42.4. The fourth-order valence-electron chi connectivity index (χ4n) is 13.9. The highest BCUT2D eigenvalue weighted by atomic mass is 28.4. The van der Waals surface area contributed by atoms with Gasteiger partial charge in [-0.25, -0.2) is 0 Å². The average molecular weight is 1510 g/mol. The van der Waals surface area contributed by atoms with E-state index < -0.39 is 41.6 Å². The van der Waals surface area contributed by atoms with Crippen LogP contribution in [0.25, 0.3) is 0 Å². The maximum absolute atomic E-state index is 6.73. The van der Waals surface area contributed by atoms with Gasteiger partial charge in [0.1, 0.15) is 11.5 Å². The van der Waals surface area contributed by atoms with E-state index in [-0.39, 0.29) is 0 Å². The van der Waals surface area contributed by atoms with Crippen LogP contribution in [-0.4, -0.2) is 61.4 Å². The van der Waals surface area contributed by atoms with Crippen molar-refractivity contribution in [2.24, 2.45) is 0 Å². The van der Waals surface area contributed by atoms with Crippen molar-refractivity contribution in [3.05, 3.63) is 198 Å². The van der Waals surface area contributed by atoms with E-state index in [1.54, 1.807) is 0 Å². The molecule has 0 heterocycles. The summed E-state index contributed by atoms with van der Waals surface area (Å²) < 4.78 is 32.3. The second-order valence-electron chi connectivity index (χ2n) is 30.4. The molecule has 6 rings (SSSR count). The van der Waals surface area contributed by atoms with Crippen molar-refractivity contribution < 1.29 is 22.1 Å². The minimum atomic E-state index is -1.63. The van der Waals surface area contributed by atoms with Crippen molar-refractivity contribution in [3.8, 4) is 11.5 Å². The maximum atomic E-state index is 6.73. The Morgan fingerprint density at radius 2 is 0.452 bits per heavy atom. The lowest BCUT2D eigenvalue weighted by atomic mass is 10.0. The van der Waals surface area contributed by atoms with Crippen LogP contribution < -0.4 is 8.85 Å². The van der Waals surface area contributed by atoms with Gasteiger partial charge in [-0.15, -0.1) is 0 Å². The Balaban J connectivity index is 0.000000640. The van der Waals surface area contributed by atoms with Crippen LogP contribution in [0.3, 0.4) is 0 Å². The van der Waals surface area contributed by atoms with Gasteiger partial charge in [0, 0.05) is 19.8 Å². The molecule has 0 radical (unpaired) electrons. The van der Waals surface area contributed by atoms with Crippen LogP contribution in [0, 0.1) is 69.2 Å². The van der Waals surface area contributed by atoms with Crippen LogP contribution in [0.2, 0.25) is 90.7 Å². The minimum absolute atomic E-state index is 0.905. The normalized spacial score (nSPS) is 11.6. The fourth-order valence-corrected chi connectivity index (χ4v) is 27.1. The molecule has 0 aliphatic rings. The van der Waals surface area contributed by atoms with Crippen LogP contribution in [0.15, 0.2) is 109 Å². The molecule has 0 aliphatic heterocycles. The Morgan fingerprint density at radius 1 is 0.221 bits per heavy atom. The SMILES string of the molecule is CCCc1cc(C)c(C)c(O[Si](CC)(CC)CC)c1.CCCc1ccc(C)c(C)c1.CCCc1ccc(C)cc1.CC[Si](CC)(CC)OCCCc1cc(C)c(C)c(O[Si](CC)(CC)CC)c1.CC[Si](CC)(CC)OCCCc1ccc(C)c(C)c1.CC[Si](CC)(CC)OCCCc1ccc(C)cc1. The molecule has 5 nitrogen and oxygen atoms in total. The summed E-state index contributed by atoms with van der Waals surface area (Å²) in [6.45, 7) is 65.7. The third-order valence-electron chi connectivity index (χ3n) is 23.7. The molecular weight excluding hydrogens is 1350 g/mol. The zero-order chi connectivity index (χ0) is 78.4. The van der Waals surface area contributed by atoms with Crippen molar-refractivity contribution in [2.45, 2.75) is 362 Å². The van der Waals surface area contributed by atoms with Crippen LogP contribution >= 0.6 is 0 Å². The summed E-state index contributed by atoms with van der Waals surface area (Å²) in [4.78, 5) is 0. The number of hydrogen-bond donors (Lipinski definition) is 0. The molecule has 0 spiro atoms. The van der Waals surface area contributed by atoms with Crippen molar-refractivity contribution in [3.63, 3.8) is 0 Å². The fraction of sp³-hybridized carbons (Fsp3) is 0.617. The van der Waals surface area contributed by atoms with E-state index in [1.165, 1.54) is 212 Å². The van der Waals surface area contributed by atoms with Gasteiger partial charge in [0.2, 0.25) is 16.6 Å². The Bertz CT molecular complexity index is 3150. The molecule has 0 N–H and O–H groups in total. The largest absolute Gasteiger partial charge is 0.543 e. The molecule has 0 bridgehead atoms. The van der Waals surface area contributed by atoms with Gasteiger partial charge in [0.25, 0.3) is 0 Å². The Morgan fingerprint density at radius 3 is 0.740 bits per heavy atom. The van der Waals surface area contributed by atoms with Crippen LogP contribution in [-0.2, 0) is 51.8 Å². The van der Waals surface area contributed by atoms with Crippen molar-refractivity contribution in [1.82, 2.24) is 0 Å². The standard InChI is InChI=1S/C23H44O2Si2.2C17H30OSi.C16H28OSi.C11H16.C10H14/c1-9-26(10-2,11-3)24-17-15-16-22-18-20(7)21(8)23(19-22)25-27(12-4,13-5)14-6;1-7-11-16-12-14(5)15(6)17(13-16)18-19(8-2,9-3)10-4;1-6-19(7-2,8-3)18-13-9-10-17-12-11-15(4)16(5)14-17;1-5-18(6-2,7-3)17-14-8-9-16-12-10-15(4)11-13-16;1-4-5-11-7-6-9(2)10(3)8-11;1-3-4-10-7-5-9(2)6-8-10/h18-19H,9-17H2,1-8H3;12-13H,7-11H2,1-6H3;11-12,14H,6-10,13H2,1-5H3;10-13H,5-9,14H2,1-4H3;6-8H,4-5H2,1-3H3;5-8H,3-4H2,1-2H3. The van der Waals surface area contributed by atoms with Crippen molar-refractivity contribution in [1.29, 1.82) is 0 Å². The number of aryl methyl sites for hydroxylation is 14. The highest BCUT2D eigenvalue weighted by Gasteiger charge is 2.34. The van der Waals surface area contributed by atoms with E-state index in [4.69, 9.17) is 22.1 Å². The molecule has 588 valence electrons. The number of benzene rings is 6. The zero-order valence-corrected chi connectivity index (χ0v) is 78.1. The van der Waals surface area contributed by atoms with Crippen LogP contribution in [0.1, 0.15) is 252 Å². The van der Waals surface area contributed by atoms with E-state index >= 15 is 0 Å². The van der Waals surface area contributed by atoms with Crippen molar-refractivity contribution in [2.75, 3.05) is 19.8 Å². The summed E-state index contributed by atoms with van der Waals surface area (Å²) in [7, 11) is -7.38. The van der Waals surface area contributed by atoms with E-state index in [0.717, 1.165) is 76.3 Å². The molecular formula is C94H162O5Si5. The smallest absolute Gasteiger partial charge is 0.250 e. The molecule has 0 unspecified atom stereocenters. The molecule has 10 heteroatoms. The van der Waals surface area contributed by atoms with Gasteiger partial charge in [0.15, 0.2) is 25.0 Å². The van der Waals surface area contributed by atoms with Gasteiger partial charge in [0.05, 0.1) is 0 Å². The summed E-state index contributed by atoms with van der Waals surface area (Å²) in [5, 5.41) is 0. The number of hydrogen-bond acceptors (Lipinski definition) is 5. The predicted octanol–water partition coefficient (Wildman–Crippen LogP) is 29.7. The highest BCUT2D eigenvalue weighted by Crippen LogP contribution is 2.34. The second-order valence-corrected chi connectivity index (χ2v) is 54.1. The lowest BCUT2D eigenvalue weighted by molar-refractivity contribution is 0.293. The quantitative estimate of drug-likeness (QED) is 0.0283. The Labute approximate surface area is 650 Å². The van der Waals surface area contributed by atoms with Crippen molar-refractivity contribution >= 4 is 41.6 Å². The second kappa shape index (κ2) is 53.7. The van der Waals surface area contributed by atoms with Gasteiger partial charge in [-0.05, 0) is 308 Å². The predicted molar refractivity (Wildman–Crippen MR) is 478 cm³/mol. The zero-order valence-electron chi connectivity index (χ0n) is 73.1. The van der Waals surface area contributed by atoms with Gasteiger partial charge >= 0.3 is 0 Å². The minimum Gasteiger partial charge on any atom is -0.543 e. The summed E-state index contributed by atoms with van der Waals surface area (Å²) in [5.41, 5.74) is 22.3. The lowest BCUT2D eigenvalue weighted by Crippen LogP contribution is -2.39. The molecule has 0 aromatic heterocycles. The molecule has 0 fully saturated rings. The van der Waals surface area contributed by atoms with E-state index in [1.807, 2.05) is 0 Å². The van der Waals surface area contributed by atoms with Gasteiger partial charge < -0.3 is 22.1 Å². The van der Waals surface area contributed by atoms with Crippen LogP contribution in [0.5, 0.6) is 11.5 Å². The molecule has 6 aromatic carbocycles. The Kier molecular flexibility index (Phi) is 50.5. The third kappa shape index (κ3) is 35.1. The molecule has 0 atom stereocenters. The summed E-state index contributed by atoms with van der Waals surface area (Å²) in [6, 6.07) is 58.8. The monoisotopic (exact) mass is 1510 g/mol. The molecule has 0 amide bonds. The topological polar surface area (TPSA) is 46.2 Å². The Hall–Kier alpha value is -4.12. The molecule has 0 aliphatic carbocycles. The highest BCUT2D eigenvalue weighted by molar-refractivity contribution is 6.75. The van der Waals surface area contributed by atoms with E-state index in [9.17, 15) is 0 Å². The average Bonchev–Trinajstić information content (AvgIpc) is 0.820. The number of rotatable bonds is 40. The first-order valence-corrected chi connectivity index (χ1v) is 55.0. The van der Waals surface area contributed by atoms with Gasteiger partial charge in [-0.1, -0.05) is 252 Å². The molecule has 0 saturated carbocycles. The first kappa shape index (κ1) is 97.9. The summed E-state index contributed by atoms with van der Waals surface area (Å²) in [6.07, 6.45) is 14.0. The van der Waals surface area contributed by atoms with E-state index in [2.05, 4.69) is 303 Å². The van der Waals surface area contributed by atoms with E-state index in [0.29, 0.717) is 0 Å². The molecule has 104 heavy (non-hydrogen) atoms. The summed E-state index contributed by atoms with van der Waals surface area (Å²) in [5.74, 6) is 2.29. The van der Waals surface area contributed by atoms with Gasteiger partial charge in [-0.2, -0.15) is 0 Å². The maximum Gasteiger partial charge on any atom is 0.250 e. The van der Waals surface area contributed by atoms with Crippen LogP contribution in [0.4, 0.5) is 0 Å². The third-order valence-corrected chi connectivity index (χ3v) is 46.8. The first-order chi connectivity index (χ1) is 49.6. The lowest BCUT2D eigenvalue weighted by Gasteiger charge is -2.30. The van der Waals surface area contributed by atoms with Gasteiger partial charge in [-0.3, -0.25) is 0 Å². The molecule has 0 saturated heterocycles. The molecule has 6 aromatic rings. The summed E-state index contributed by atoms with van der Waals surface area (Å²) >= 11 is 0.